The minimum atomic E-state index is -0.679. The van der Waals surface area contributed by atoms with Gasteiger partial charge in [0, 0.05) is 13.0 Å². The number of terminal acetylenes is 1. The normalized spacial score (nSPS) is 23.3. The van der Waals surface area contributed by atoms with Crippen molar-refractivity contribution >= 4 is 5.91 Å². The predicted octanol–water partition coefficient (Wildman–Crippen LogP) is -1.44. The Balaban J connectivity index is 2.59. The molecule has 1 heterocycles. The van der Waals surface area contributed by atoms with Gasteiger partial charge in [-0.15, -0.1) is 12.3 Å². The molecule has 15 heavy (non-hydrogen) atoms. The molecule has 1 saturated heterocycles. The molecule has 0 saturated carbocycles. The van der Waals surface area contributed by atoms with E-state index in [2.05, 4.69) is 5.92 Å². The molecule has 1 amide bonds. The summed E-state index contributed by atoms with van der Waals surface area (Å²) in [5.74, 6) is 2.14. The lowest BCUT2D eigenvalue weighted by Crippen LogP contribution is -2.55. The van der Waals surface area contributed by atoms with Gasteiger partial charge in [0.15, 0.2) is 0 Å². The summed E-state index contributed by atoms with van der Waals surface area (Å²) in [6.45, 7) is 1.17. The smallest absolute Gasteiger partial charge is 0.240 e. The highest BCUT2D eigenvalue weighted by Crippen LogP contribution is 2.08. The maximum atomic E-state index is 11.8. The lowest BCUT2D eigenvalue weighted by atomic mass is 10.1. The second kappa shape index (κ2) is 5.71. The molecule has 0 aromatic heterocycles. The number of aliphatic hydroxyl groups is 1. The van der Waals surface area contributed by atoms with Crippen LogP contribution in [0.2, 0.25) is 0 Å². The van der Waals surface area contributed by atoms with Gasteiger partial charge in [-0.1, -0.05) is 0 Å². The van der Waals surface area contributed by atoms with Gasteiger partial charge in [-0.25, -0.2) is 0 Å². The summed E-state index contributed by atoms with van der Waals surface area (Å²) in [4.78, 5) is 13.3. The van der Waals surface area contributed by atoms with Crippen LogP contribution in [0.1, 0.15) is 6.42 Å². The highest BCUT2D eigenvalue weighted by molar-refractivity contribution is 5.82. The number of nitrogens with two attached hydrogens (primary N) is 1. The number of carbonyl (C=O) groups is 1. The molecule has 1 aliphatic heterocycles. The number of amides is 1. The van der Waals surface area contributed by atoms with Crippen LogP contribution in [0.25, 0.3) is 0 Å². The first-order valence-electron chi connectivity index (χ1n) is 4.88. The van der Waals surface area contributed by atoms with E-state index in [-0.39, 0.29) is 25.0 Å². The zero-order chi connectivity index (χ0) is 11.3. The van der Waals surface area contributed by atoms with Crippen molar-refractivity contribution in [1.29, 1.82) is 0 Å². The van der Waals surface area contributed by atoms with Crippen molar-refractivity contribution in [2.75, 3.05) is 26.4 Å². The van der Waals surface area contributed by atoms with E-state index in [1.165, 1.54) is 0 Å². The Labute approximate surface area is 89.2 Å². The molecule has 2 atom stereocenters. The molecule has 3 N–H and O–H groups in total. The van der Waals surface area contributed by atoms with Crippen molar-refractivity contribution in [2.45, 2.75) is 18.5 Å². The van der Waals surface area contributed by atoms with Gasteiger partial charge >= 0.3 is 0 Å². The summed E-state index contributed by atoms with van der Waals surface area (Å²) in [5.41, 5.74) is 5.62. The molecule has 1 aliphatic rings. The minimum Gasteiger partial charge on any atom is -0.394 e. The molecule has 0 aromatic rings. The Kier molecular flexibility index (Phi) is 4.56. The van der Waals surface area contributed by atoms with E-state index in [4.69, 9.17) is 22.0 Å². The Hall–Kier alpha value is -1.09. The first kappa shape index (κ1) is 12.0. The number of morpholine rings is 1. The number of ether oxygens (including phenoxy) is 1. The SMILES string of the molecule is C#CCC(N)C(=O)N1CCOCC1CO. The quantitative estimate of drug-likeness (QED) is 0.562. The fraction of sp³-hybridized carbons (Fsp3) is 0.700. The molecule has 0 aromatic carbocycles. The largest absolute Gasteiger partial charge is 0.394 e. The highest BCUT2D eigenvalue weighted by Gasteiger charge is 2.29. The van der Waals surface area contributed by atoms with E-state index < -0.39 is 6.04 Å². The summed E-state index contributed by atoms with van der Waals surface area (Å²) in [6.07, 6.45) is 5.31. The van der Waals surface area contributed by atoms with Crippen LogP contribution in [0.15, 0.2) is 0 Å². The standard InChI is InChI=1S/C10H16N2O3/c1-2-3-9(11)10(14)12-4-5-15-7-8(12)6-13/h1,8-9,13H,3-7,11H2. The van der Waals surface area contributed by atoms with Crippen molar-refractivity contribution in [3.63, 3.8) is 0 Å². The first-order valence-corrected chi connectivity index (χ1v) is 4.88. The average Bonchev–Trinajstić information content (AvgIpc) is 2.28. The summed E-state index contributed by atoms with van der Waals surface area (Å²) >= 11 is 0. The fourth-order valence-corrected chi connectivity index (χ4v) is 1.52. The van der Waals surface area contributed by atoms with Crippen LogP contribution in [-0.4, -0.2) is 54.4 Å². The van der Waals surface area contributed by atoms with Crippen molar-refractivity contribution in [2.24, 2.45) is 5.73 Å². The number of aliphatic hydroxyl groups excluding tert-OH is 1. The van der Waals surface area contributed by atoms with Gasteiger partial charge in [0.2, 0.25) is 5.91 Å². The van der Waals surface area contributed by atoms with Gasteiger partial charge in [0.1, 0.15) is 0 Å². The van der Waals surface area contributed by atoms with Gasteiger partial charge in [0.05, 0.1) is 31.9 Å². The van der Waals surface area contributed by atoms with E-state index in [1.807, 2.05) is 0 Å². The monoisotopic (exact) mass is 212 g/mol. The minimum absolute atomic E-state index is 0.117. The average molecular weight is 212 g/mol. The number of nitrogens with zero attached hydrogens (tertiary/aromatic N) is 1. The third-order valence-electron chi connectivity index (χ3n) is 2.38. The Morgan fingerprint density at radius 1 is 1.80 bits per heavy atom. The van der Waals surface area contributed by atoms with E-state index in [0.29, 0.717) is 19.8 Å². The van der Waals surface area contributed by atoms with E-state index in [0.717, 1.165) is 0 Å². The maximum absolute atomic E-state index is 11.8. The molecule has 1 fully saturated rings. The van der Waals surface area contributed by atoms with Crippen LogP contribution < -0.4 is 5.73 Å². The van der Waals surface area contributed by atoms with Gasteiger partial charge in [0.25, 0.3) is 0 Å². The summed E-state index contributed by atoms with van der Waals surface area (Å²) < 4.78 is 5.16. The molecule has 84 valence electrons. The van der Waals surface area contributed by atoms with Crippen LogP contribution in [0.5, 0.6) is 0 Å². The molecule has 5 heteroatoms. The van der Waals surface area contributed by atoms with Gasteiger partial charge in [-0.3, -0.25) is 4.79 Å². The maximum Gasteiger partial charge on any atom is 0.240 e. The summed E-state index contributed by atoms with van der Waals surface area (Å²) in [6, 6.07) is -0.975. The van der Waals surface area contributed by atoms with Crippen LogP contribution in [-0.2, 0) is 9.53 Å². The molecular formula is C10H16N2O3. The lowest BCUT2D eigenvalue weighted by molar-refractivity contribution is -0.142. The van der Waals surface area contributed by atoms with Crippen LogP contribution in [0, 0.1) is 12.3 Å². The molecule has 0 radical (unpaired) electrons. The third kappa shape index (κ3) is 2.93. The molecule has 0 aliphatic carbocycles. The Bertz CT molecular complexity index is 262. The summed E-state index contributed by atoms with van der Waals surface area (Å²) in [7, 11) is 0. The number of hydrogen-bond acceptors (Lipinski definition) is 4. The second-order valence-electron chi connectivity index (χ2n) is 3.46. The Morgan fingerprint density at radius 2 is 2.53 bits per heavy atom. The highest BCUT2D eigenvalue weighted by atomic mass is 16.5. The first-order chi connectivity index (χ1) is 7.20. The topological polar surface area (TPSA) is 75.8 Å². The molecule has 2 unspecified atom stereocenters. The van der Waals surface area contributed by atoms with Crippen molar-refractivity contribution in [1.82, 2.24) is 4.90 Å². The molecule has 5 nitrogen and oxygen atoms in total. The van der Waals surface area contributed by atoms with E-state index >= 15 is 0 Å². The van der Waals surface area contributed by atoms with Gasteiger partial charge in [-0.05, 0) is 0 Å². The van der Waals surface area contributed by atoms with Crippen molar-refractivity contribution in [3.8, 4) is 12.3 Å². The van der Waals surface area contributed by atoms with Crippen LogP contribution in [0.3, 0.4) is 0 Å². The zero-order valence-corrected chi connectivity index (χ0v) is 8.56. The van der Waals surface area contributed by atoms with Crippen LogP contribution in [0.4, 0.5) is 0 Å². The third-order valence-corrected chi connectivity index (χ3v) is 2.38. The molecule has 1 rings (SSSR count). The van der Waals surface area contributed by atoms with Gasteiger partial charge < -0.3 is 20.5 Å². The fourth-order valence-electron chi connectivity index (χ4n) is 1.52. The number of carbonyl (C=O) groups excluding carboxylic acids is 1. The number of hydrogen-bond donors (Lipinski definition) is 2. The van der Waals surface area contributed by atoms with E-state index in [1.54, 1.807) is 4.90 Å². The van der Waals surface area contributed by atoms with Gasteiger partial charge in [-0.2, -0.15) is 0 Å². The van der Waals surface area contributed by atoms with Crippen LogP contribution >= 0.6 is 0 Å². The Morgan fingerprint density at radius 3 is 3.13 bits per heavy atom. The van der Waals surface area contributed by atoms with Crippen molar-refractivity contribution in [3.05, 3.63) is 0 Å². The lowest BCUT2D eigenvalue weighted by Gasteiger charge is -2.35. The van der Waals surface area contributed by atoms with Crippen molar-refractivity contribution < 1.29 is 14.6 Å². The molecular weight excluding hydrogens is 196 g/mol. The predicted molar refractivity (Wildman–Crippen MR) is 54.8 cm³/mol. The zero-order valence-electron chi connectivity index (χ0n) is 8.56. The molecule has 0 bridgehead atoms. The van der Waals surface area contributed by atoms with E-state index in [9.17, 15) is 4.79 Å². The summed E-state index contributed by atoms with van der Waals surface area (Å²) in [5, 5.41) is 9.07. The second-order valence-corrected chi connectivity index (χ2v) is 3.46. The molecule has 0 spiro atoms. The number of rotatable bonds is 3.